The molecule has 82 valence electrons. The van der Waals surface area contributed by atoms with Gasteiger partial charge in [-0.15, -0.1) is 0 Å². The smallest absolute Gasteiger partial charge is 0.0770 e. The number of hydrogen-bond donors (Lipinski definition) is 1. The van der Waals surface area contributed by atoms with Crippen LogP contribution in [0.1, 0.15) is 43.7 Å². The van der Waals surface area contributed by atoms with Crippen molar-refractivity contribution in [2.45, 2.75) is 38.0 Å². The molecule has 0 bridgehead atoms. The minimum Gasteiger partial charge on any atom is -0.304 e. The van der Waals surface area contributed by atoms with Crippen LogP contribution < -0.4 is 5.90 Å². The molecule has 1 aliphatic rings. The highest BCUT2D eigenvalue weighted by Crippen LogP contribution is 2.44. The molecule has 1 saturated carbocycles. The van der Waals surface area contributed by atoms with Crippen LogP contribution in [0.3, 0.4) is 0 Å². The topological polar surface area (TPSA) is 35.2 Å². The van der Waals surface area contributed by atoms with Crippen LogP contribution in [0.5, 0.6) is 0 Å². The molecular formula is C13H19NO. The molecule has 0 spiro atoms. The van der Waals surface area contributed by atoms with Gasteiger partial charge in [-0.2, -0.15) is 0 Å². The molecule has 2 heteroatoms. The van der Waals surface area contributed by atoms with Gasteiger partial charge >= 0.3 is 0 Å². The molecule has 2 N–H and O–H groups in total. The Kier molecular flexibility index (Phi) is 2.81. The summed E-state index contributed by atoms with van der Waals surface area (Å²) in [5, 5.41) is 0. The second kappa shape index (κ2) is 3.95. The summed E-state index contributed by atoms with van der Waals surface area (Å²) in [4.78, 5) is 4.82. The van der Waals surface area contributed by atoms with Crippen LogP contribution in [0.25, 0.3) is 0 Å². The molecule has 0 aliphatic heterocycles. The minimum absolute atomic E-state index is 0.00787. The summed E-state index contributed by atoms with van der Waals surface area (Å²) in [6, 6.07) is 8.66. The summed E-state index contributed by atoms with van der Waals surface area (Å²) < 4.78 is 0. The summed E-state index contributed by atoms with van der Waals surface area (Å²) in [6.45, 7) is 4.93. The first-order valence-corrected chi connectivity index (χ1v) is 5.56. The summed E-state index contributed by atoms with van der Waals surface area (Å²) in [6.07, 6.45) is 2.66. The monoisotopic (exact) mass is 205 g/mol. The van der Waals surface area contributed by atoms with Crippen LogP contribution in [-0.4, -0.2) is 6.61 Å². The van der Waals surface area contributed by atoms with Crippen LogP contribution in [0.4, 0.5) is 0 Å². The average molecular weight is 205 g/mol. The van der Waals surface area contributed by atoms with E-state index in [1.165, 1.54) is 24.0 Å². The van der Waals surface area contributed by atoms with E-state index < -0.39 is 0 Å². The van der Waals surface area contributed by atoms with Crippen LogP contribution in [0.2, 0.25) is 0 Å². The van der Waals surface area contributed by atoms with Gasteiger partial charge in [0.25, 0.3) is 0 Å². The van der Waals surface area contributed by atoms with Crippen LogP contribution in [0, 0.1) is 0 Å². The standard InChI is InChI=1S/C13H19NO/c1-13(2,9-15-14)12-6-4-3-5-11(12)10-7-8-10/h3-6,10H,7-9,14H2,1-2H3. The third-order valence-corrected chi connectivity index (χ3v) is 3.15. The lowest BCUT2D eigenvalue weighted by Crippen LogP contribution is -2.27. The highest BCUT2D eigenvalue weighted by molar-refractivity contribution is 5.38. The van der Waals surface area contributed by atoms with Gasteiger partial charge in [-0.05, 0) is 29.9 Å². The third kappa shape index (κ3) is 2.21. The van der Waals surface area contributed by atoms with E-state index in [0.717, 1.165) is 5.92 Å². The fraction of sp³-hybridized carbons (Fsp3) is 0.538. The molecule has 2 rings (SSSR count). The molecule has 1 fully saturated rings. The van der Waals surface area contributed by atoms with Crippen molar-refractivity contribution in [1.29, 1.82) is 0 Å². The summed E-state index contributed by atoms with van der Waals surface area (Å²) >= 11 is 0. The van der Waals surface area contributed by atoms with Crippen molar-refractivity contribution in [1.82, 2.24) is 0 Å². The quantitative estimate of drug-likeness (QED) is 0.767. The Hall–Kier alpha value is -0.860. The number of hydrogen-bond acceptors (Lipinski definition) is 2. The van der Waals surface area contributed by atoms with Crippen molar-refractivity contribution >= 4 is 0 Å². The SMILES string of the molecule is CC(C)(CON)c1ccccc1C1CC1. The highest BCUT2D eigenvalue weighted by Gasteiger charge is 2.31. The zero-order valence-corrected chi connectivity index (χ0v) is 9.49. The van der Waals surface area contributed by atoms with Gasteiger partial charge < -0.3 is 4.84 Å². The molecule has 0 amide bonds. The predicted molar refractivity (Wildman–Crippen MR) is 61.6 cm³/mol. The van der Waals surface area contributed by atoms with E-state index in [-0.39, 0.29) is 5.41 Å². The molecule has 0 heterocycles. The summed E-state index contributed by atoms with van der Waals surface area (Å²) in [5.74, 6) is 5.97. The minimum atomic E-state index is 0.00787. The van der Waals surface area contributed by atoms with Crippen molar-refractivity contribution in [3.05, 3.63) is 35.4 Å². The van der Waals surface area contributed by atoms with Gasteiger partial charge in [0.1, 0.15) is 0 Å². The molecule has 1 aliphatic carbocycles. The molecule has 0 unspecified atom stereocenters. The molecule has 2 nitrogen and oxygen atoms in total. The molecule has 1 aromatic carbocycles. The Morgan fingerprint density at radius 2 is 2.00 bits per heavy atom. The summed E-state index contributed by atoms with van der Waals surface area (Å²) in [5.41, 5.74) is 2.88. The molecule has 1 aromatic rings. The van der Waals surface area contributed by atoms with E-state index in [0.29, 0.717) is 6.61 Å². The normalized spacial score (nSPS) is 16.7. The first-order chi connectivity index (χ1) is 7.15. The van der Waals surface area contributed by atoms with Gasteiger partial charge in [0.2, 0.25) is 0 Å². The van der Waals surface area contributed by atoms with Crippen molar-refractivity contribution in [2.75, 3.05) is 6.61 Å². The van der Waals surface area contributed by atoms with E-state index in [1.54, 1.807) is 0 Å². The lowest BCUT2D eigenvalue weighted by molar-refractivity contribution is 0.0961. The van der Waals surface area contributed by atoms with Gasteiger partial charge in [0.05, 0.1) is 6.61 Å². The van der Waals surface area contributed by atoms with Gasteiger partial charge in [-0.3, -0.25) is 0 Å². The van der Waals surface area contributed by atoms with Gasteiger partial charge in [0.15, 0.2) is 0 Å². The van der Waals surface area contributed by atoms with Crippen LogP contribution >= 0.6 is 0 Å². The lowest BCUT2D eigenvalue weighted by atomic mass is 9.81. The van der Waals surface area contributed by atoms with Crippen LogP contribution in [0.15, 0.2) is 24.3 Å². The maximum Gasteiger partial charge on any atom is 0.0770 e. The lowest BCUT2D eigenvalue weighted by Gasteiger charge is -2.26. The van der Waals surface area contributed by atoms with E-state index in [1.807, 2.05) is 0 Å². The largest absolute Gasteiger partial charge is 0.304 e. The Morgan fingerprint density at radius 3 is 2.60 bits per heavy atom. The fourth-order valence-electron chi connectivity index (χ4n) is 2.15. The average Bonchev–Trinajstić information content (AvgIpc) is 3.01. The Morgan fingerprint density at radius 1 is 1.33 bits per heavy atom. The maximum atomic E-state index is 5.19. The van der Waals surface area contributed by atoms with Crippen LogP contribution in [-0.2, 0) is 10.3 Å². The third-order valence-electron chi connectivity index (χ3n) is 3.15. The Bertz CT molecular complexity index is 342. The molecule has 15 heavy (non-hydrogen) atoms. The number of nitrogens with two attached hydrogens (primary N) is 1. The van der Waals surface area contributed by atoms with Crippen molar-refractivity contribution in [3.63, 3.8) is 0 Å². The molecule has 0 aromatic heterocycles. The van der Waals surface area contributed by atoms with E-state index in [4.69, 9.17) is 10.7 Å². The molecule has 0 radical (unpaired) electrons. The maximum absolute atomic E-state index is 5.19. The van der Waals surface area contributed by atoms with E-state index >= 15 is 0 Å². The van der Waals surface area contributed by atoms with Crippen molar-refractivity contribution in [2.24, 2.45) is 5.90 Å². The van der Waals surface area contributed by atoms with Gasteiger partial charge in [-0.1, -0.05) is 38.1 Å². The second-order valence-corrected chi connectivity index (χ2v) is 5.06. The summed E-state index contributed by atoms with van der Waals surface area (Å²) in [7, 11) is 0. The Balaban J connectivity index is 2.33. The number of benzene rings is 1. The van der Waals surface area contributed by atoms with Gasteiger partial charge in [-0.25, -0.2) is 5.90 Å². The zero-order chi connectivity index (χ0) is 10.9. The fourth-order valence-corrected chi connectivity index (χ4v) is 2.15. The van der Waals surface area contributed by atoms with E-state index in [9.17, 15) is 0 Å². The predicted octanol–water partition coefficient (Wildman–Crippen LogP) is 2.73. The van der Waals surface area contributed by atoms with Gasteiger partial charge in [0, 0.05) is 5.41 Å². The molecular weight excluding hydrogens is 186 g/mol. The molecule has 0 saturated heterocycles. The van der Waals surface area contributed by atoms with Crippen molar-refractivity contribution < 1.29 is 4.84 Å². The Labute approximate surface area is 91.4 Å². The highest BCUT2D eigenvalue weighted by atomic mass is 16.6. The second-order valence-electron chi connectivity index (χ2n) is 5.06. The van der Waals surface area contributed by atoms with Crippen molar-refractivity contribution in [3.8, 4) is 0 Å². The zero-order valence-electron chi connectivity index (χ0n) is 9.49. The molecule has 0 atom stereocenters. The van der Waals surface area contributed by atoms with E-state index in [2.05, 4.69) is 38.1 Å². The number of rotatable bonds is 4. The first-order valence-electron chi connectivity index (χ1n) is 5.56. The first kappa shape index (κ1) is 10.7.